The van der Waals surface area contributed by atoms with Crippen LogP contribution in [0.2, 0.25) is 0 Å². The Kier molecular flexibility index (Phi) is 7.39. The second-order valence-corrected chi connectivity index (χ2v) is 6.99. The molecule has 0 aromatic carbocycles. The Labute approximate surface area is 144 Å². The molecule has 0 aromatic heterocycles. The highest BCUT2D eigenvalue weighted by molar-refractivity contribution is 6.03. The van der Waals surface area contributed by atoms with Gasteiger partial charge in [-0.2, -0.15) is 0 Å². The van der Waals surface area contributed by atoms with Crippen LogP contribution in [0.4, 0.5) is 0 Å². The van der Waals surface area contributed by atoms with Crippen LogP contribution >= 0.6 is 0 Å². The van der Waals surface area contributed by atoms with Gasteiger partial charge in [0, 0.05) is 19.1 Å². The smallest absolute Gasteiger partial charge is 0.320 e. The molecule has 1 saturated heterocycles. The van der Waals surface area contributed by atoms with Crippen molar-refractivity contribution in [3.63, 3.8) is 0 Å². The van der Waals surface area contributed by atoms with E-state index in [0.29, 0.717) is 12.5 Å². The summed E-state index contributed by atoms with van der Waals surface area (Å²) in [6, 6.07) is -0.0895. The van der Waals surface area contributed by atoms with Gasteiger partial charge in [-0.15, -0.1) is 0 Å². The Balaban J connectivity index is 3.25. The molecule has 0 amide bonds. The Morgan fingerprint density at radius 3 is 2.21 bits per heavy atom. The Morgan fingerprint density at radius 1 is 1.17 bits per heavy atom. The van der Waals surface area contributed by atoms with Crippen LogP contribution in [0.1, 0.15) is 48.0 Å². The van der Waals surface area contributed by atoms with Crippen LogP contribution in [-0.4, -0.2) is 55.0 Å². The molecule has 0 N–H and O–H groups in total. The van der Waals surface area contributed by atoms with Crippen molar-refractivity contribution in [2.75, 3.05) is 26.3 Å². The lowest BCUT2D eigenvalue weighted by Gasteiger charge is -2.47. The molecule has 1 fully saturated rings. The van der Waals surface area contributed by atoms with Crippen molar-refractivity contribution < 1.29 is 23.9 Å². The number of hydrogen-bond acceptors (Lipinski definition) is 6. The minimum absolute atomic E-state index is 0.0895. The molecule has 0 radical (unpaired) electrons. The molecule has 0 saturated carbocycles. The quantitative estimate of drug-likeness (QED) is 0.521. The molecule has 138 valence electrons. The molecule has 1 rings (SSSR count). The number of carbonyl (C=O) groups excluding carboxylic acids is 3. The summed E-state index contributed by atoms with van der Waals surface area (Å²) in [5.74, 6) is -1.32. The standard InChI is InChI=1S/C18H31NO5/c1-7-23-16(21)15-9-18(14(6)20,17(22)24-8-2)11-19(13(15)5)10-12(3)4/h12-13,15H,7-11H2,1-6H3. The molecule has 3 unspecified atom stereocenters. The van der Waals surface area contributed by atoms with Gasteiger partial charge in [0.25, 0.3) is 0 Å². The first-order valence-corrected chi connectivity index (χ1v) is 8.78. The third-order valence-corrected chi connectivity index (χ3v) is 4.73. The lowest BCUT2D eigenvalue weighted by molar-refractivity contribution is -0.171. The van der Waals surface area contributed by atoms with E-state index in [1.54, 1.807) is 13.8 Å². The summed E-state index contributed by atoms with van der Waals surface area (Å²) >= 11 is 0. The van der Waals surface area contributed by atoms with Crippen molar-refractivity contribution in [3.8, 4) is 0 Å². The van der Waals surface area contributed by atoms with Crippen molar-refractivity contribution in [1.29, 1.82) is 0 Å². The molecule has 0 bridgehead atoms. The average molecular weight is 341 g/mol. The maximum atomic E-state index is 12.6. The van der Waals surface area contributed by atoms with E-state index in [9.17, 15) is 14.4 Å². The molecule has 24 heavy (non-hydrogen) atoms. The summed E-state index contributed by atoms with van der Waals surface area (Å²) in [7, 11) is 0. The van der Waals surface area contributed by atoms with E-state index in [-0.39, 0.29) is 44.0 Å². The number of carbonyl (C=O) groups is 3. The van der Waals surface area contributed by atoms with E-state index < -0.39 is 17.3 Å². The normalized spacial score (nSPS) is 27.8. The largest absolute Gasteiger partial charge is 0.466 e. The summed E-state index contributed by atoms with van der Waals surface area (Å²) in [5, 5.41) is 0. The van der Waals surface area contributed by atoms with E-state index in [2.05, 4.69) is 13.8 Å². The molecule has 0 aromatic rings. The predicted octanol–water partition coefficient (Wildman–Crippen LogP) is 2.05. The van der Waals surface area contributed by atoms with Gasteiger partial charge in [0.15, 0.2) is 0 Å². The maximum Gasteiger partial charge on any atom is 0.320 e. The van der Waals surface area contributed by atoms with Crippen molar-refractivity contribution in [1.82, 2.24) is 4.90 Å². The molecule has 3 atom stereocenters. The summed E-state index contributed by atoms with van der Waals surface area (Å²) in [5.41, 5.74) is -1.30. The van der Waals surface area contributed by atoms with Gasteiger partial charge in [-0.1, -0.05) is 13.8 Å². The third kappa shape index (κ3) is 4.35. The molecule has 6 nitrogen and oxygen atoms in total. The zero-order valence-electron chi connectivity index (χ0n) is 15.8. The zero-order valence-corrected chi connectivity index (χ0v) is 15.8. The van der Waals surface area contributed by atoms with Gasteiger partial charge in [0.1, 0.15) is 11.2 Å². The van der Waals surface area contributed by atoms with Gasteiger partial charge in [-0.3, -0.25) is 19.3 Å². The van der Waals surface area contributed by atoms with Gasteiger partial charge < -0.3 is 9.47 Å². The van der Waals surface area contributed by atoms with Gasteiger partial charge in [0.2, 0.25) is 0 Å². The second-order valence-electron chi connectivity index (χ2n) is 6.99. The van der Waals surface area contributed by atoms with Crippen molar-refractivity contribution >= 4 is 17.7 Å². The van der Waals surface area contributed by atoms with E-state index in [4.69, 9.17) is 9.47 Å². The highest BCUT2D eigenvalue weighted by Crippen LogP contribution is 2.39. The summed E-state index contributed by atoms with van der Waals surface area (Å²) in [6.45, 7) is 12.4. The first kappa shape index (κ1) is 20.6. The molecule has 0 spiro atoms. The number of hydrogen-bond donors (Lipinski definition) is 0. The number of esters is 2. The molecule has 1 heterocycles. The Morgan fingerprint density at radius 2 is 1.75 bits per heavy atom. The first-order chi connectivity index (χ1) is 11.2. The minimum atomic E-state index is -1.30. The van der Waals surface area contributed by atoms with Gasteiger partial charge in [0.05, 0.1) is 19.1 Å². The number of nitrogens with zero attached hydrogens (tertiary/aromatic N) is 1. The van der Waals surface area contributed by atoms with E-state index >= 15 is 0 Å². The molecule has 0 aliphatic carbocycles. The number of Topliss-reactive ketones (excluding diaryl/α,β-unsaturated/α-hetero) is 1. The number of ether oxygens (including phenoxy) is 2. The number of ketones is 1. The Bertz CT molecular complexity index is 476. The molecule has 6 heteroatoms. The number of likely N-dealkylation sites (tertiary alicyclic amines) is 1. The van der Waals surface area contributed by atoms with Crippen LogP contribution < -0.4 is 0 Å². The van der Waals surface area contributed by atoms with Crippen LogP contribution in [0.15, 0.2) is 0 Å². The topological polar surface area (TPSA) is 72.9 Å². The van der Waals surface area contributed by atoms with E-state index in [1.165, 1.54) is 6.92 Å². The van der Waals surface area contributed by atoms with Crippen LogP contribution in [0.3, 0.4) is 0 Å². The lowest BCUT2D eigenvalue weighted by Crippen LogP contribution is -2.60. The number of rotatable bonds is 7. The fourth-order valence-electron chi connectivity index (χ4n) is 3.40. The zero-order chi connectivity index (χ0) is 18.5. The maximum absolute atomic E-state index is 12.6. The van der Waals surface area contributed by atoms with Gasteiger partial charge in [-0.25, -0.2) is 0 Å². The average Bonchev–Trinajstić information content (AvgIpc) is 2.49. The predicted molar refractivity (Wildman–Crippen MR) is 90.4 cm³/mol. The fourth-order valence-corrected chi connectivity index (χ4v) is 3.40. The monoisotopic (exact) mass is 341 g/mol. The minimum Gasteiger partial charge on any atom is -0.466 e. The van der Waals surface area contributed by atoms with E-state index in [1.807, 2.05) is 11.8 Å². The molecule has 1 aliphatic heterocycles. The fraction of sp³-hybridized carbons (Fsp3) is 0.833. The van der Waals surface area contributed by atoms with Crippen LogP contribution in [-0.2, 0) is 23.9 Å². The van der Waals surface area contributed by atoms with Crippen LogP contribution in [0, 0.1) is 17.3 Å². The van der Waals surface area contributed by atoms with Crippen LogP contribution in [0.5, 0.6) is 0 Å². The summed E-state index contributed by atoms with van der Waals surface area (Å²) in [6.07, 6.45) is 0.149. The van der Waals surface area contributed by atoms with Crippen LogP contribution in [0.25, 0.3) is 0 Å². The summed E-state index contributed by atoms with van der Waals surface area (Å²) in [4.78, 5) is 39.5. The van der Waals surface area contributed by atoms with E-state index in [0.717, 1.165) is 0 Å². The van der Waals surface area contributed by atoms with Crippen molar-refractivity contribution in [3.05, 3.63) is 0 Å². The van der Waals surface area contributed by atoms with Crippen molar-refractivity contribution in [2.24, 2.45) is 17.3 Å². The van der Waals surface area contributed by atoms with Crippen molar-refractivity contribution in [2.45, 2.75) is 54.0 Å². The lowest BCUT2D eigenvalue weighted by atomic mass is 9.70. The first-order valence-electron chi connectivity index (χ1n) is 8.78. The molecule has 1 aliphatic rings. The Hall–Kier alpha value is -1.43. The van der Waals surface area contributed by atoms with Gasteiger partial charge >= 0.3 is 11.9 Å². The molecular weight excluding hydrogens is 310 g/mol. The summed E-state index contributed by atoms with van der Waals surface area (Å²) < 4.78 is 10.4. The van der Waals surface area contributed by atoms with Gasteiger partial charge in [-0.05, 0) is 40.0 Å². The number of piperidine rings is 1. The SMILES string of the molecule is CCOC(=O)C1CC(C(C)=O)(C(=O)OCC)CN(CC(C)C)C1C. The second kappa shape index (κ2) is 8.60. The third-order valence-electron chi connectivity index (χ3n) is 4.73. The highest BCUT2D eigenvalue weighted by atomic mass is 16.5. The molecular formula is C18H31NO5. The highest BCUT2D eigenvalue weighted by Gasteiger charge is 2.54.